The Hall–Kier alpha value is -1.22. The van der Waals surface area contributed by atoms with Gasteiger partial charge in [0.25, 0.3) is 0 Å². The Kier molecular flexibility index (Phi) is 10.2. The second-order valence-corrected chi connectivity index (χ2v) is 7.03. The lowest BCUT2D eigenvalue weighted by Crippen LogP contribution is -2.53. The van der Waals surface area contributed by atoms with Gasteiger partial charge in [0.05, 0.1) is 12.3 Å². The molecule has 1 saturated heterocycles. The van der Waals surface area contributed by atoms with E-state index in [1.165, 1.54) is 0 Å². The van der Waals surface area contributed by atoms with E-state index in [1.54, 1.807) is 18.4 Å². The molecule has 1 fully saturated rings. The fraction of sp³-hybridized carbons (Fsp3) is 0.444. The van der Waals surface area contributed by atoms with Crippen LogP contribution in [0.2, 0.25) is 0 Å². The number of halogens is 2. The predicted octanol–water partition coefficient (Wildman–Crippen LogP) is 2.27. The van der Waals surface area contributed by atoms with Gasteiger partial charge < -0.3 is 15.4 Å². The maximum Gasteiger partial charge on any atom is 0.241 e. The lowest BCUT2D eigenvalue weighted by Gasteiger charge is -2.35. The molecule has 0 aliphatic carbocycles. The van der Waals surface area contributed by atoms with Crippen LogP contribution in [0.3, 0.4) is 0 Å². The molecule has 1 aliphatic rings. The summed E-state index contributed by atoms with van der Waals surface area (Å²) in [5, 5.41) is 3.17. The van der Waals surface area contributed by atoms with E-state index in [9.17, 15) is 4.79 Å². The molecule has 1 amide bonds. The Bertz CT molecular complexity index is 694. The molecular formula is C18H26Cl2N4O2S. The molecule has 3 rings (SSSR count). The Labute approximate surface area is 176 Å². The number of carbonyl (C=O) groups is 1. The summed E-state index contributed by atoms with van der Waals surface area (Å²) in [5.41, 5.74) is 8.07. The second kappa shape index (κ2) is 11.6. The van der Waals surface area contributed by atoms with Gasteiger partial charge in [-0.05, 0) is 0 Å². The third-order valence-corrected chi connectivity index (χ3v) is 5.25. The summed E-state index contributed by atoms with van der Waals surface area (Å²) >= 11 is 1.67. The summed E-state index contributed by atoms with van der Waals surface area (Å²) in [5.74, 6) is -0.0264. The minimum atomic E-state index is -0.566. The zero-order valence-electron chi connectivity index (χ0n) is 15.2. The zero-order chi connectivity index (χ0) is 17.6. The third-order valence-electron chi connectivity index (χ3n) is 4.31. The lowest BCUT2D eigenvalue weighted by molar-refractivity contribution is -0.135. The Balaban J connectivity index is 0.00000182. The number of aromatic nitrogens is 1. The molecule has 1 unspecified atom stereocenters. The van der Waals surface area contributed by atoms with Crippen molar-refractivity contribution in [2.24, 2.45) is 5.73 Å². The molecule has 2 aromatic rings. The second-order valence-electron chi connectivity index (χ2n) is 6.17. The summed E-state index contributed by atoms with van der Waals surface area (Å²) < 4.78 is 4.96. The van der Waals surface area contributed by atoms with E-state index in [4.69, 9.17) is 15.5 Å². The summed E-state index contributed by atoms with van der Waals surface area (Å²) in [6.07, 6.45) is 0. The first kappa shape index (κ1) is 23.8. The number of benzene rings is 1. The average Bonchev–Trinajstić information content (AvgIpc) is 3.11. The van der Waals surface area contributed by atoms with Crippen molar-refractivity contribution in [1.82, 2.24) is 14.8 Å². The molecule has 1 aromatic heterocycles. The van der Waals surface area contributed by atoms with Gasteiger partial charge in [-0.3, -0.25) is 9.69 Å². The number of rotatable bonds is 6. The van der Waals surface area contributed by atoms with E-state index in [0.717, 1.165) is 35.9 Å². The molecule has 9 heteroatoms. The Morgan fingerprint density at radius 2 is 1.89 bits per heavy atom. The average molecular weight is 433 g/mol. The molecule has 6 nitrogen and oxygen atoms in total. The third kappa shape index (κ3) is 6.41. The van der Waals surface area contributed by atoms with Crippen molar-refractivity contribution in [2.75, 3.05) is 39.9 Å². The minimum absolute atomic E-state index is 0. The van der Waals surface area contributed by atoms with Gasteiger partial charge in [-0.25, -0.2) is 4.98 Å². The standard InChI is InChI=1S/C18H24N4O2S.2ClH/c1-24-12-16(19)18(23)22-9-7-21(8-10-22)11-15-13-25-17(20-15)14-5-3-2-4-6-14;;/h2-6,13,16H,7-12,19H2,1H3;2*1H. The van der Waals surface area contributed by atoms with E-state index < -0.39 is 6.04 Å². The van der Waals surface area contributed by atoms with Crippen molar-refractivity contribution in [1.29, 1.82) is 0 Å². The minimum Gasteiger partial charge on any atom is -0.383 e. The monoisotopic (exact) mass is 432 g/mol. The van der Waals surface area contributed by atoms with Crippen LogP contribution in [-0.4, -0.2) is 66.6 Å². The SMILES string of the molecule is COCC(N)C(=O)N1CCN(Cc2csc(-c3ccccc3)n2)CC1.Cl.Cl. The fourth-order valence-electron chi connectivity index (χ4n) is 2.93. The van der Waals surface area contributed by atoms with Crippen LogP contribution < -0.4 is 5.73 Å². The van der Waals surface area contributed by atoms with Gasteiger partial charge in [-0.1, -0.05) is 30.3 Å². The van der Waals surface area contributed by atoms with Gasteiger partial charge >= 0.3 is 0 Å². The van der Waals surface area contributed by atoms with Gasteiger partial charge in [0.15, 0.2) is 0 Å². The van der Waals surface area contributed by atoms with E-state index in [-0.39, 0.29) is 37.3 Å². The van der Waals surface area contributed by atoms with E-state index in [1.807, 2.05) is 23.1 Å². The van der Waals surface area contributed by atoms with Crippen molar-refractivity contribution in [3.8, 4) is 10.6 Å². The van der Waals surface area contributed by atoms with Crippen LogP contribution in [-0.2, 0) is 16.1 Å². The van der Waals surface area contributed by atoms with Crippen molar-refractivity contribution < 1.29 is 9.53 Å². The molecule has 2 heterocycles. The summed E-state index contributed by atoms with van der Waals surface area (Å²) in [6.45, 7) is 4.15. The molecule has 0 bridgehead atoms. The number of amides is 1. The van der Waals surface area contributed by atoms with Crippen LogP contribution in [0.4, 0.5) is 0 Å². The molecule has 1 aliphatic heterocycles. The van der Waals surface area contributed by atoms with Gasteiger partial charge in [0.1, 0.15) is 11.0 Å². The summed E-state index contributed by atoms with van der Waals surface area (Å²) in [6, 6.07) is 9.66. The fourth-order valence-corrected chi connectivity index (χ4v) is 3.75. The van der Waals surface area contributed by atoms with Crippen LogP contribution in [0.1, 0.15) is 5.69 Å². The van der Waals surface area contributed by atoms with Crippen molar-refractivity contribution in [3.05, 3.63) is 41.4 Å². The highest BCUT2D eigenvalue weighted by atomic mass is 35.5. The molecule has 150 valence electrons. The lowest BCUT2D eigenvalue weighted by atomic mass is 10.2. The van der Waals surface area contributed by atoms with Crippen molar-refractivity contribution >= 4 is 42.1 Å². The highest BCUT2D eigenvalue weighted by molar-refractivity contribution is 7.13. The topological polar surface area (TPSA) is 71.7 Å². The molecule has 1 atom stereocenters. The maximum atomic E-state index is 12.2. The number of hydrogen-bond acceptors (Lipinski definition) is 6. The highest BCUT2D eigenvalue weighted by Gasteiger charge is 2.25. The zero-order valence-corrected chi connectivity index (χ0v) is 17.7. The van der Waals surface area contributed by atoms with Crippen LogP contribution in [0, 0.1) is 0 Å². The smallest absolute Gasteiger partial charge is 0.241 e. The number of methoxy groups -OCH3 is 1. The van der Waals surface area contributed by atoms with Crippen LogP contribution in [0.15, 0.2) is 35.7 Å². The molecule has 0 radical (unpaired) electrons. The molecule has 0 saturated carbocycles. The molecule has 2 N–H and O–H groups in total. The molecule has 0 spiro atoms. The number of nitrogens with zero attached hydrogens (tertiary/aromatic N) is 3. The van der Waals surface area contributed by atoms with Crippen LogP contribution in [0.25, 0.3) is 10.6 Å². The number of piperazine rings is 1. The Morgan fingerprint density at radius 3 is 2.52 bits per heavy atom. The van der Waals surface area contributed by atoms with Crippen molar-refractivity contribution in [2.45, 2.75) is 12.6 Å². The molecule has 27 heavy (non-hydrogen) atoms. The summed E-state index contributed by atoms with van der Waals surface area (Å²) in [7, 11) is 1.56. The first-order chi connectivity index (χ1) is 12.2. The first-order valence-corrected chi connectivity index (χ1v) is 9.31. The van der Waals surface area contributed by atoms with Gasteiger partial charge in [0, 0.05) is 50.8 Å². The van der Waals surface area contributed by atoms with E-state index in [2.05, 4.69) is 22.4 Å². The van der Waals surface area contributed by atoms with E-state index in [0.29, 0.717) is 13.1 Å². The first-order valence-electron chi connectivity index (χ1n) is 8.43. The number of carbonyl (C=O) groups excluding carboxylic acids is 1. The predicted molar refractivity (Wildman–Crippen MR) is 114 cm³/mol. The van der Waals surface area contributed by atoms with Gasteiger partial charge in [-0.15, -0.1) is 36.2 Å². The number of thiazole rings is 1. The quantitative estimate of drug-likeness (QED) is 0.757. The maximum absolute atomic E-state index is 12.2. The summed E-state index contributed by atoms with van der Waals surface area (Å²) in [4.78, 5) is 21.1. The van der Waals surface area contributed by atoms with Gasteiger partial charge in [-0.2, -0.15) is 0 Å². The Morgan fingerprint density at radius 1 is 1.22 bits per heavy atom. The number of nitrogens with two attached hydrogens (primary N) is 1. The normalized spacial score (nSPS) is 15.6. The van der Waals surface area contributed by atoms with Crippen LogP contribution in [0.5, 0.6) is 0 Å². The number of hydrogen-bond donors (Lipinski definition) is 1. The highest BCUT2D eigenvalue weighted by Crippen LogP contribution is 2.24. The van der Waals surface area contributed by atoms with Crippen molar-refractivity contribution in [3.63, 3.8) is 0 Å². The largest absolute Gasteiger partial charge is 0.383 e. The van der Waals surface area contributed by atoms with E-state index >= 15 is 0 Å². The molecular weight excluding hydrogens is 407 g/mol. The number of ether oxygens (including phenoxy) is 1. The van der Waals surface area contributed by atoms with Crippen LogP contribution >= 0.6 is 36.2 Å². The van der Waals surface area contributed by atoms with Gasteiger partial charge in [0.2, 0.25) is 5.91 Å². The molecule has 1 aromatic carbocycles.